The summed E-state index contributed by atoms with van der Waals surface area (Å²) in [5, 5.41) is 0. The summed E-state index contributed by atoms with van der Waals surface area (Å²) in [4.78, 5) is 41.6. The van der Waals surface area contributed by atoms with Crippen LogP contribution >= 0.6 is 0 Å². The molecule has 2 aliphatic heterocycles. The molecular weight excluding hydrogens is 737 g/mol. The highest BCUT2D eigenvalue weighted by Crippen LogP contribution is 2.44. The van der Waals surface area contributed by atoms with Gasteiger partial charge in [-0.05, 0) is 118 Å². The van der Waals surface area contributed by atoms with Crippen molar-refractivity contribution in [3.05, 3.63) is 107 Å². The Morgan fingerprint density at radius 3 is 1.02 bits per heavy atom. The number of carbonyl (C=O) groups excluding carboxylic acids is 2. The zero-order valence-corrected chi connectivity index (χ0v) is 38.3. The van der Waals surface area contributed by atoms with Gasteiger partial charge < -0.3 is 9.80 Å². The van der Waals surface area contributed by atoms with E-state index in [1.807, 2.05) is 22.2 Å². The van der Waals surface area contributed by atoms with Crippen molar-refractivity contribution < 1.29 is 9.59 Å². The molecule has 60 heavy (non-hydrogen) atoms. The molecule has 2 aromatic heterocycles. The predicted octanol–water partition coefficient (Wildman–Crippen LogP) is 13.4. The van der Waals surface area contributed by atoms with Gasteiger partial charge in [0, 0.05) is 71.7 Å². The van der Waals surface area contributed by atoms with Crippen LogP contribution in [0.1, 0.15) is 144 Å². The summed E-state index contributed by atoms with van der Waals surface area (Å²) in [5.41, 5.74) is 14.4. The number of rotatable bonds is 6. The molecule has 3 aromatic carbocycles. The first-order valence-corrected chi connectivity index (χ1v) is 22.1. The second kappa shape index (κ2) is 16.1. The molecule has 2 aliphatic rings. The van der Waals surface area contributed by atoms with Crippen molar-refractivity contribution in [2.45, 2.75) is 143 Å². The van der Waals surface area contributed by atoms with Gasteiger partial charge in [0.05, 0.1) is 22.8 Å². The largest absolute Gasteiger partial charge is 0.312 e. The number of anilines is 2. The normalized spacial score (nSPS) is 15.8. The molecule has 0 bridgehead atoms. The summed E-state index contributed by atoms with van der Waals surface area (Å²) >= 11 is 0. The van der Waals surface area contributed by atoms with Crippen LogP contribution in [0.4, 0.5) is 11.4 Å². The fourth-order valence-electron chi connectivity index (χ4n) is 8.34. The Labute approximate surface area is 359 Å². The van der Waals surface area contributed by atoms with Gasteiger partial charge in [-0.3, -0.25) is 19.6 Å². The van der Waals surface area contributed by atoms with Crippen LogP contribution < -0.4 is 9.80 Å². The van der Waals surface area contributed by atoms with Crippen molar-refractivity contribution in [3.8, 4) is 44.8 Å². The molecule has 6 heteroatoms. The third kappa shape index (κ3) is 9.13. The number of carbonyl (C=O) groups is 2. The number of nitrogens with zero attached hydrogens (tertiary/aromatic N) is 4. The minimum atomic E-state index is -0.0151. The van der Waals surface area contributed by atoms with Gasteiger partial charge in [-0.15, -0.1) is 0 Å². The maximum absolute atomic E-state index is 13.8. The highest BCUT2D eigenvalue weighted by molar-refractivity contribution is 6.05. The van der Waals surface area contributed by atoms with Gasteiger partial charge in [0.2, 0.25) is 11.8 Å². The molecule has 0 radical (unpaired) electrons. The quantitative estimate of drug-likeness (QED) is 0.171. The van der Waals surface area contributed by atoms with E-state index in [0.717, 1.165) is 81.8 Å². The highest BCUT2D eigenvalue weighted by atomic mass is 16.2. The van der Waals surface area contributed by atoms with E-state index in [1.54, 1.807) is 0 Å². The van der Waals surface area contributed by atoms with Crippen LogP contribution in [0.15, 0.2) is 85.2 Å². The second-order valence-electron chi connectivity index (χ2n) is 21.4. The molecule has 2 fully saturated rings. The summed E-state index contributed by atoms with van der Waals surface area (Å²) in [6, 6.07) is 26.5. The van der Waals surface area contributed by atoms with E-state index in [4.69, 9.17) is 9.97 Å². The lowest BCUT2D eigenvalue weighted by molar-refractivity contribution is -0.120. The lowest BCUT2D eigenvalue weighted by Gasteiger charge is -2.33. The first-order valence-electron chi connectivity index (χ1n) is 22.1. The molecule has 0 saturated carbocycles. The number of pyridine rings is 2. The number of hydrogen-bond acceptors (Lipinski definition) is 4. The number of benzene rings is 3. The fourth-order valence-corrected chi connectivity index (χ4v) is 8.34. The van der Waals surface area contributed by atoms with Gasteiger partial charge in [0.15, 0.2) is 0 Å². The molecular formula is C54H66N4O2. The topological polar surface area (TPSA) is 66.4 Å². The average Bonchev–Trinajstić information content (AvgIpc) is 3.19. The van der Waals surface area contributed by atoms with E-state index >= 15 is 0 Å². The van der Waals surface area contributed by atoms with Crippen LogP contribution in [0.3, 0.4) is 0 Å². The predicted molar refractivity (Wildman–Crippen MR) is 251 cm³/mol. The maximum atomic E-state index is 13.8. The van der Waals surface area contributed by atoms with Gasteiger partial charge in [-0.25, -0.2) is 0 Å². The summed E-state index contributed by atoms with van der Waals surface area (Å²) in [7, 11) is 0. The zero-order valence-electron chi connectivity index (χ0n) is 38.3. The van der Waals surface area contributed by atoms with E-state index in [2.05, 4.69) is 156 Å². The molecule has 2 amide bonds. The molecule has 0 unspecified atom stereocenters. The molecule has 5 aromatic rings. The van der Waals surface area contributed by atoms with Crippen molar-refractivity contribution in [1.82, 2.24) is 9.97 Å². The van der Waals surface area contributed by atoms with Crippen LogP contribution in [0, 0.1) is 0 Å². The summed E-state index contributed by atoms with van der Waals surface area (Å²) in [6.07, 6.45) is 8.55. The maximum Gasteiger partial charge on any atom is 0.226 e. The van der Waals surface area contributed by atoms with Crippen molar-refractivity contribution in [1.29, 1.82) is 0 Å². The van der Waals surface area contributed by atoms with Gasteiger partial charge in [-0.2, -0.15) is 0 Å². The van der Waals surface area contributed by atoms with Crippen LogP contribution in [0.25, 0.3) is 44.8 Å². The molecule has 0 aliphatic carbocycles. The Balaban J connectivity index is 1.37. The first kappa shape index (κ1) is 43.0. The Morgan fingerprint density at radius 2 is 0.750 bits per heavy atom. The van der Waals surface area contributed by atoms with E-state index in [-0.39, 0.29) is 33.5 Å². The van der Waals surface area contributed by atoms with Crippen LogP contribution in [-0.2, 0) is 31.2 Å². The Morgan fingerprint density at radius 1 is 0.417 bits per heavy atom. The minimum Gasteiger partial charge on any atom is -0.312 e. The van der Waals surface area contributed by atoms with Crippen LogP contribution in [0.5, 0.6) is 0 Å². The summed E-state index contributed by atoms with van der Waals surface area (Å²) in [6.45, 7) is 28.4. The van der Waals surface area contributed by atoms with Crippen molar-refractivity contribution in [2.24, 2.45) is 0 Å². The van der Waals surface area contributed by atoms with Crippen molar-refractivity contribution in [2.75, 3.05) is 22.9 Å². The highest BCUT2D eigenvalue weighted by Gasteiger charge is 2.30. The SMILES string of the molecule is CC(C)(C)c1cc(-c2ccc(-c3cc(N4CCCCC4=O)c(-c4ccc(-c5cc(C(C)(C)C)cc(C(C)(C)C)c5)nc4)cc3N3CCCCC3=O)cn2)cc(C(C)(C)C)c1. The van der Waals surface area contributed by atoms with E-state index in [9.17, 15) is 9.59 Å². The number of amides is 2. The van der Waals surface area contributed by atoms with E-state index in [0.29, 0.717) is 25.9 Å². The smallest absolute Gasteiger partial charge is 0.226 e. The monoisotopic (exact) mass is 803 g/mol. The Hall–Kier alpha value is -5.10. The van der Waals surface area contributed by atoms with Crippen LogP contribution in [-0.4, -0.2) is 34.9 Å². The second-order valence-corrected chi connectivity index (χ2v) is 21.4. The third-order valence-electron chi connectivity index (χ3n) is 12.4. The minimum absolute atomic E-state index is 0.0151. The molecule has 0 atom stereocenters. The molecule has 314 valence electrons. The average molecular weight is 803 g/mol. The van der Waals surface area contributed by atoms with Gasteiger partial charge >= 0.3 is 0 Å². The standard InChI is InChI=1S/C54H66N4O2/c1-51(2,3)39-25-37(26-40(29-39)52(4,5)6)45-21-19-35(33-55-45)43-31-48(58-24-16-14-18-50(58)60)44(32-47(43)57-23-15-13-17-49(57)59)36-20-22-46(56-34-36)38-27-41(53(7,8)9)30-42(28-38)54(10,11)12/h19-22,25-34H,13-18,23-24H2,1-12H3. The van der Waals surface area contributed by atoms with Gasteiger partial charge in [-0.1, -0.05) is 107 Å². The lowest BCUT2D eigenvalue weighted by atomic mass is 9.79. The summed E-state index contributed by atoms with van der Waals surface area (Å²) < 4.78 is 0. The van der Waals surface area contributed by atoms with Gasteiger partial charge in [0.1, 0.15) is 0 Å². The molecule has 4 heterocycles. The lowest BCUT2D eigenvalue weighted by Crippen LogP contribution is -2.37. The first-order chi connectivity index (χ1) is 28.1. The Bertz CT molecular complexity index is 2160. The fraction of sp³-hybridized carbons (Fsp3) is 0.444. The van der Waals surface area contributed by atoms with Gasteiger partial charge in [0.25, 0.3) is 0 Å². The van der Waals surface area contributed by atoms with E-state index < -0.39 is 0 Å². The zero-order chi connectivity index (χ0) is 43.4. The Kier molecular flexibility index (Phi) is 11.5. The van der Waals surface area contributed by atoms with Crippen molar-refractivity contribution in [3.63, 3.8) is 0 Å². The molecule has 6 nitrogen and oxygen atoms in total. The van der Waals surface area contributed by atoms with Crippen molar-refractivity contribution >= 4 is 23.2 Å². The van der Waals surface area contributed by atoms with E-state index in [1.165, 1.54) is 22.3 Å². The number of hydrogen-bond donors (Lipinski definition) is 0. The molecule has 2 saturated heterocycles. The molecule has 0 N–H and O–H groups in total. The molecule has 0 spiro atoms. The summed E-state index contributed by atoms with van der Waals surface area (Å²) in [5.74, 6) is 0.241. The van der Waals surface area contributed by atoms with Crippen LogP contribution in [0.2, 0.25) is 0 Å². The number of piperidine rings is 2. The number of aromatic nitrogens is 2. The third-order valence-corrected chi connectivity index (χ3v) is 12.4. The molecule has 7 rings (SSSR count).